The van der Waals surface area contributed by atoms with Crippen LogP contribution in [0.15, 0.2) is 36.4 Å². The summed E-state index contributed by atoms with van der Waals surface area (Å²) in [6.07, 6.45) is 0.655. The van der Waals surface area contributed by atoms with Crippen LogP contribution in [0, 0.1) is 5.82 Å². The molecule has 0 saturated carbocycles. The maximum atomic E-state index is 13.9. The van der Waals surface area contributed by atoms with Crippen LogP contribution in [0.1, 0.15) is 38.8 Å². The molecule has 0 bridgehead atoms. The molecule has 1 amide bonds. The molecule has 5 nitrogen and oxygen atoms in total. The number of amides is 1. The number of hydrogen-bond acceptors (Lipinski definition) is 4. The molecule has 0 aromatic heterocycles. The van der Waals surface area contributed by atoms with Crippen LogP contribution in [-0.4, -0.2) is 22.2 Å². The fourth-order valence-electron chi connectivity index (χ4n) is 2.93. The molecule has 2 N–H and O–H groups in total. The largest absolute Gasteiger partial charge is 0.489 e. The number of halogens is 1. The first-order valence-corrected chi connectivity index (χ1v) is 8.80. The maximum Gasteiger partial charge on any atom is 0.255 e. The van der Waals surface area contributed by atoms with E-state index < -0.39 is 11.5 Å². The van der Waals surface area contributed by atoms with Crippen molar-refractivity contribution in [2.45, 2.75) is 51.9 Å². The smallest absolute Gasteiger partial charge is 0.255 e. The van der Waals surface area contributed by atoms with Crippen LogP contribution in [0.4, 0.5) is 10.1 Å². The number of nitrogens with one attached hydrogen (secondary N) is 1. The summed E-state index contributed by atoms with van der Waals surface area (Å²) in [7, 11) is 0. The van der Waals surface area contributed by atoms with Crippen molar-refractivity contribution in [3.63, 3.8) is 0 Å². The van der Waals surface area contributed by atoms with Crippen molar-refractivity contribution in [3.05, 3.63) is 53.3 Å². The van der Waals surface area contributed by atoms with Crippen molar-refractivity contribution in [2.24, 2.45) is 0 Å². The summed E-state index contributed by atoms with van der Waals surface area (Å²) in [5, 5.41) is 12.3. The van der Waals surface area contributed by atoms with Crippen LogP contribution in [0.3, 0.4) is 0 Å². The van der Waals surface area contributed by atoms with Gasteiger partial charge in [0.05, 0.1) is 0 Å². The lowest BCUT2D eigenvalue weighted by Gasteiger charge is -2.18. The van der Waals surface area contributed by atoms with Gasteiger partial charge in [-0.2, -0.15) is 0 Å². The van der Waals surface area contributed by atoms with Crippen molar-refractivity contribution >= 4 is 11.6 Å². The number of ether oxygens (including phenoxy) is 2. The molecule has 1 aliphatic heterocycles. The van der Waals surface area contributed by atoms with Crippen molar-refractivity contribution in [2.75, 3.05) is 5.32 Å². The lowest BCUT2D eigenvalue weighted by atomic mass is 10.0. The fourth-order valence-corrected chi connectivity index (χ4v) is 2.93. The molecule has 2 aromatic rings. The molecule has 0 radical (unpaired) electrons. The third kappa shape index (κ3) is 4.57. The van der Waals surface area contributed by atoms with Gasteiger partial charge in [0, 0.05) is 23.2 Å². The highest BCUT2D eigenvalue weighted by Crippen LogP contribution is 2.38. The SMILES string of the molecule is CC1(C)Cc2cc(F)cc(COc3ccc(NC(=O)C(C)(C)O)cc3)c2O1. The quantitative estimate of drug-likeness (QED) is 0.836. The third-order valence-corrected chi connectivity index (χ3v) is 4.26. The van der Waals surface area contributed by atoms with Gasteiger partial charge in [-0.25, -0.2) is 4.39 Å². The van der Waals surface area contributed by atoms with E-state index in [4.69, 9.17) is 9.47 Å². The van der Waals surface area contributed by atoms with Gasteiger partial charge in [0.25, 0.3) is 5.91 Å². The van der Waals surface area contributed by atoms with Gasteiger partial charge in [-0.1, -0.05) is 0 Å². The first-order chi connectivity index (χ1) is 12.5. The van der Waals surface area contributed by atoms with Gasteiger partial charge >= 0.3 is 0 Å². The number of carbonyl (C=O) groups is 1. The number of rotatable bonds is 5. The molecule has 1 heterocycles. The van der Waals surface area contributed by atoms with E-state index in [2.05, 4.69) is 5.32 Å². The monoisotopic (exact) mass is 373 g/mol. The second-order valence-corrected chi connectivity index (χ2v) is 7.92. The summed E-state index contributed by atoms with van der Waals surface area (Å²) < 4.78 is 25.6. The average Bonchev–Trinajstić information content (AvgIpc) is 2.87. The summed E-state index contributed by atoms with van der Waals surface area (Å²) in [6, 6.07) is 9.68. The van der Waals surface area contributed by atoms with E-state index in [1.54, 1.807) is 24.3 Å². The lowest BCUT2D eigenvalue weighted by molar-refractivity contribution is -0.130. The Bertz CT molecular complexity index is 854. The molecule has 0 fully saturated rings. The normalized spacial score (nSPS) is 15.0. The third-order valence-electron chi connectivity index (χ3n) is 4.26. The van der Waals surface area contributed by atoms with Crippen LogP contribution in [0.5, 0.6) is 11.5 Å². The van der Waals surface area contributed by atoms with Crippen LogP contribution in [0.25, 0.3) is 0 Å². The Kier molecular flexibility index (Phi) is 4.86. The second-order valence-electron chi connectivity index (χ2n) is 7.92. The van der Waals surface area contributed by atoms with E-state index in [0.29, 0.717) is 29.2 Å². The number of carbonyl (C=O) groups excluding carboxylic acids is 1. The van der Waals surface area contributed by atoms with Crippen molar-refractivity contribution in [1.82, 2.24) is 0 Å². The van der Waals surface area contributed by atoms with E-state index in [1.807, 2.05) is 13.8 Å². The zero-order valence-electron chi connectivity index (χ0n) is 15.9. The Hall–Kier alpha value is -2.60. The summed E-state index contributed by atoms with van der Waals surface area (Å²) >= 11 is 0. The van der Waals surface area contributed by atoms with Crippen LogP contribution in [0.2, 0.25) is 0 Å². The van der Waals surface area contributed by atoms with E-state index in [-0.39, 0.29) is 18.0 Å². The summed E-state index contributed by atoms with van der Waals surface area (Å²) in [5.74, 6) is 0.464. The topological polar surface area (TPSA) is 67.8 Å². The van der Waals surface area contributed by atoms with Gasteiger partial charge in [-0.05, 0) is 64.1 Å². The van der Waals surface area contributed by atoms with Gasteiger partial charge in [0.15, 0.2) is 0 Å². The Balaban J connectivity index is 1.67. The lowest BCUT2D eigenvalue weighted by Crippen LogP contribution is -2.36. The first-order valence-electron chi connectivity index (χ1n) is 8.80. The molecular weight excluding hydrogens is 349 g/mol. The molecule has 0 spiro atoms. The van der Waals surface area contributed by atoms with Crippen LogP contribution >= 0.6 is 0 Å². The molecule has 0 aliphatic carbocycles. The zero-order valence-corrected chi connectivity index (χ0v) is 15.9. The van der Waals surface area contributed by atoms with Crippen molar-refractivity contribution in [3.8, 4) is 11.5 Å². The van der Waals surface area contributed by atoms with E-state index >= 15 is 0 Å². The van der Waals surface area contributed by atoms with Crippen molar-refractivity contribution < 1.29 is 23.8 Å². The van der Waals surface area contributed by atoms with E-state index in [0.717, 1.165) is 5.56 Å². The molecule has 6 heteroatoms. The Morgan fingerprint density at radius 2 is 1.96 bits per heavy atom. The summed E-state index contributed by atoms with van der Waals surface area (Å²) in [4.78, 5) is 11.8. The molecule has 3 rings (SSSR count). The van der Waals surface area contributed by atoms with Gasteiger partial charge < -0.3 is 19.9 Å². The molecule has 0 saturated heterocycles. The standard InChI is InChI=1S/C21H24FNO4/c1-20(2)11-13-9-15(22)10-14(18(13)27-20)12-26-17-7-5-16(6-8-17)23-19(24)21(3,4)25/h5-10,25H,11-12H2,1-4H3,(H,23,24). The average molecular weight is 373 g/mol. The van der Waals surface area contributed by atoms with Crippen LogP contribution in [-0.2, 0) is 17.8 Å². The Morgan fingerprint density at radius 1 is 1.30 bits per heavy atom. The minimum Gasteiger partial charge on any atom is -0.489 e. The fraction of sp³-hybridized carbons (Fsp3) is 0.381. The van der Waals surface area contributed by atoms with Crippen LogP contribution < -0.4 is 14.8 Å². The highest BCUT2D eigenvalue weighted by molar-refractivity contribution is 5.96. The Labute approximate surface area is 158 Å². The van der Waals surface area contributed by atoms with Gasteiger partial charge in [-0.15, -0.1) is 0 Å². The first kappa shape index (κ1) is 19.2. The summed E-state index contributed by atoms with van der Waals surface area (Å²) in [5.41, 5.74) is 0.246. The predicted octanol–water partition coefficient (Wildman–Crippen LogP) is 3.83. The number of benzene rings is 2. The highest BCUT2D eigenvalue weighted by Gasteiger charge is 2.32. The van der Waals surface area contributed by atoms with E-state index in [9.17, 15) is 14.3 Å². The van der Waals surface area contributed by atoms with Gasteiger partial charge in [-0.3, -0.25) is 4.79 Å². The minimum atomic E-state index is -1.46. The molecule has 1 aliphatic rings. The minimum absolute atomic E-state index is 0.172. The molecule has 2 aromatic carbocycles. The molecular formula is C21H24FNO4. The number of aliphatic hydroxyl groups is 1. The molecule has 0 unspecified atom stereocenters. The second kappa shape index (κ2) is 6.85. The number of anilines is 1. The highest BCUT2D eigenvalue weighted by atomic mass is 19.1. The Morgan fingerprint density at radius 3 is 2.59 bits per heavy atom. The molecule has 144 valence electrons. The molecule has 27 heavy (non-hydrogen) atoms. The van der Waals surface area contributed by atoms with E-state index in [1.165, 1.54) is 26.0 Å². The number of hydrogen-bond donors (Lipinski definition) is 2. The molecule has 0 atom stereocenters. The zero-order chi connectivity index (χ0) is 19.8. The maximum absolute atomic E-state index is 13.9. The summed E-state index contributed by atoms with van der Waals surface area (Å²) in [6.45, 7) is 6.94. The van der Waals surface area contributed by atoms with Gasteiger partial charge in [0.2, 0.25) is 0 Å². The number of fused-ring (bicyclic) bond motifs is 1. The predicted molar refractivity (Wildman–Crippen MR) is 101 cm³/mol. The van der Waals surface area contributed by atoms with Crippen molar-refractivity contribution in [1.29, 1.82) is 0 Å². The van der Waals surface area contributed by atoms with Gasteiger partial charge in [0.1, 0.15) is 35.1 Å².